The Morgan fingerprint density at radius 1 is 0.849 bits per heavy atom. The molecule has 6 amide bonds. The summed E-state index contributed by atoms with van der Waals surface area (Å²) in [7, 11) is 2.63. The number of carbonyl (C=O) groups excluding carboxylic acids is 6. The van der Waals surface area contributed by atoms with Gasteiger partial charge in [0.05, 0.1) is 95.1 Å². The Morgan fingerprint density at radius 2 is 1.52 bits per heavy atom. The first-order chi connectivity index (χ1) is 35.2. The van der Waals surface area contributed by atoms with Crippen LogP contribution in [0, 0.1) is 5.82 Å². The molecule has 3 aromatic rings. The second-order valence-corrected chi connectivity index (χ2v) is 18.4. The fourth-order valence-corrected chi connectivity index (χ4v) is 9.59. The largest absolute Gasteiger partial charge is 0.495 e. The van der Waals surface area contributed by atoms with Gasteiger partial charge in [-0.2, -0.15) is 13.8 Å². The van der Waals surface area contributed by atoms with Gasteiger partial charge in [-0.15, -0.1) is 0 Å². The van der Waals surface area contributed by atoms with Crippen molar-refractivity contribution >= 4 is 64.3 Å². The van der Waals surface area contributed by atoms with E-state index >= 15 is 13.2 Å². The summed E-state index contributed by atoms with van der Waals surface area (Å²) in [4.78, 5) is 90.0. The van der Waals surface area contributed by atoms with Gasteiger partial charge < -0.3 is 54.3 Å². The predicted molar refractivity (Wildman–Crippen MR) is 258 cm³/mol. The Hall–Kier alpha value is -6.47. The normalized spacial score (nSPS) is 19.5. The van der Waals surface area contributed by atoms with Crippen molar-refractivity contribution in [3.05, 3.63) is 59.0 Å². The molecule has 1 aliphatic carbocycles. The van der Waals surface area contributed by atoms with Crippen LogP contribution in [-0.4, -0.2) is 179 Å². The minimum atomic E-state index is -3.64. The van der Waals surface area contributed by atoms with Crippen LogP contribution >= 0.6 is 0 Å². The smallest absolute Gasteiger partial charge is 0.342 e. The lowest BCUT2D eigenvalue weighted by atomic mass is 10.0. The number of amides is 6. The first kappa shape index (κ1) is 52.8. The Labute approximate surface area is 419 Å². The van der Waals surface area contributed by atoms with Gasteiger partial charge in [-0.25, -0.2) is 9.37 Å². The molecule has 2 aromatic carbocycles. The average molecular weight is 1020 g/mol. The fraction of sp³-hybridized carbons (Fsp3) is 0.551. The van der Waals surface area contributed by atoms with Gasteiger partial charge in [0.1, 0.15) is 23.3 Å². The van der Waals surface area contributed by atoms with Crippen LogP contribution in [0.1, 0.15) is 82.4 Å². The molecule has 5 aliphatic rings. The third kappa shape index (κ3) is 12.7. The number of rotatable bonds is 23. The molecule has 0 spiro atoms. The Morgan fingerprint density at radius 3 is 2.21 bits per heavy atom. The lowest BCUT2D eigenvalue weighted by molar-refractivity contribution is -0.140. The highest BCUT2D eigenvalue weighted by molar-refractivity contribution is 6.23. The van der Waals surface area contributed by atoms with Crippen molar-refractivity contribution in [3.63, 3.8) is 0 Å². The number of ether oxygens (including phenoxy) is 5. The number of aromatic nitrogens is 2. The molecular weight excluding hydrogens is 962 g/mol. The Balaban J connectivity index is 0.663. The molecule has 1 saturated carbocycles. The summed E-state index contributed by atoms with van der Waals surface area (Å²) in [6.45, 7) is 4.95. The number of halogens is 3. The number of carbonyl (C=O) groups is 6. The summed E-state index contributed by atoms with van der Waals surface area (Å²) in [5.41, 5.74) is 1.07. The Bertz CT molecular complexity index is 2530. The highest BCUT2D eigenvalue weighted by Gasteiger charge is 2.49. The van der Waals surface area contributed by atoms with Crippen LogP contribution in [0.25, 0.3) is 0 Å². The van der Waals surface area contributed by atoms with Crippen LogP contribution < -0.4 is 35.8 Å². The minimum absolute atomic E-state index is 0.0268. The second kappa shape index (κ2) is 24.0. The summed E-state index contributed by atoms with van der Waals surface area (Å²) in [5.74, 6) is -8.32. The second-order valence-electron chi connectivity index (χ2n) is 18.4. The topological polar surface area (TPSA) is 235 Å². The van der Waals surface area contributed by atoms with Crippen LogP contribution in [0.4, 0.5) is 42.0 Å². The molecular formula is C49H61F3N10O11. The molecule has 1 unspecified atom stereocenters. The average Bonchev–Trinajstić information content (AvgIpc) is 3.99. The number of methoxy groups -OCH3 is 1. The molecule has 21 nitrogen and oxygen atoms in total. The minimum Gasteiger partial charge on any atom is -0.495 e. The van der Waals surface area contributed by atoms with Gasteiger partial charge in [-0.1, -0.05) is 12.8 Å². The molecule has 4 N–H and O–H groups in total. The fourth-order valence-electron chi connectivity index (χ4n) is 9.59. The molecule has 5 heterocycles. The van der Waals surface area contributed by atoms with E-state index in [0.29, 0.717) is 110 Å². The molecule has 3 fully saturated rings. The number of likely N-dealkylation sites (tertiary alicyclic amines) is 1. The van der Waals surface area contributed by atoms with Gasteiger partial charge in [-0.3, -0.25) is 39.0 Å². The van der Waals surface area contributed by atoms with Crippen LogP contribution in [0.2, 0.25) is 0 Å². The van der Waals surface area contributed by atoms with Crippen LogP contribution in [0.3, 0.4) is 0 Å². The zero-order chi connectivity index (χ0) is 51.6. The highest BCUT2D eigenvalue weighted by Crippen LogP contribution is 2.40. The maximum atomic E-state index is 15.6. The monoisotopic (exact) mass is 1020 g/mol. The number of nitrogens with zero attached hydrogens (tertiary/aromatic N) is 6. The molecule has 1 atom stereocenters. The third-order valence-electron chi connectivity index (χ3n) is 13.5. The zero-order valence-electron chi connectivity index (χ0n) is 40.9. The van der Waals surface area contributed by atoms with E-state index in [0.717, 1.165) is 28.7 Å². The van der Waals surface area contributed by atoms with Gasteiger partial charge in [0.15, 0.2) is 5.82 Å². The summed E-state index contributed by atoms with van der Waals surface area (Å²) in [6.07, 6.45) is 5.85. The van der Waals surface area contributed by atoms with Crippen LogP contribution in [0.15, 0.2) is 36.5 Å². The van der Waals surface area contributed by atoms with E-state index in [1.165, 1.54) is 31.3 Å². The molecule has 8 rings (SSSR count). The van der Waals surface area contributed by atoms with E-state index < -0.39 is 59.8 Å². The van der Waals surface area contributed by atoms with E-state index in [9.17, 15) is 28.8 Å². The quantitative estimate of drug-likeness (QED) is 0.0786. The van der Waals surface area contributed by atoms with Gasteiger partial charge in [0.25, 0.3) is 23.6 Å². The lowest BCUT2D eigenvalue weighted by Crippen LogP contribution is -2.54. The summed E-state index contributed by atoms with van der Waals surface area (Å²) in [5, 5.41) is 11.2. The van der Waals surface area contributed by atoms with Gasteiger partial charge in [0, 0.05) is 63.5 Å². The number of alkyl halides is 2. The maximum absolute atomic E-state index is 15.6. The summed E-state index contributed by atoms with van der Waals surface area (Å²) < 4.78 is 73.7. The highest BCUT2D eigenvalue weighted by atomic mass is 19.3. The number of anilines is 5. The van der Waals surface area contributed by atoms with Crippen molar-refractivity contribution in [2.45, 2.75) is 75.4 Å². The number of piperidine rings is 2. The summed E-state index contributed by atoms with van der Waals surface area (Å²) >= 11 is 0. The lowest BCUT2D eigenvalue weighted by Gasteiger charge is -2.32. The number of fused-ring (bicyclic) bond motifs is 2. The number of nitrogens with one attached hydrogen (secondary N) is 4. The van der Waals surface area contributed by atoms with Crippen LogP contribution in [-0.2, 0) is 33.3 Å². The number of imide groups is 2. The predicted octanol–water partition coefficient (Wildman–Crippen LogP) is 3.50. The molecule has 2 saturated heterocycles. The van der Waals surface area contributed by atoms with E-state index in [-0.39, 0.29) is 70.5 Å². The van der Waals surface area contributed by atoms with Crippen LogP contribution in [0.5, 0.6) is 5.75 Å². The van der Waals surface area contributed by atoms with Gasteiger partial charge in [0.2, 0.25) is 17.8 Å². The first-order valence-electron chi connectivity index (χ1n) is 24.6. The Kier molecular flexibility index (Phi) is 17.4. The number of hydrogen-bond acceptors (Lipinski definition) is 17. The molecule has 0 bridgehead atoms. The van der Waals surface area contributed by atoms with Gasteiger partial charge in [-0.05, 0) is 56.4 Å². The van der Waals surface area contributed by atoms with E-state index in [4.69, 9.17) is 23.7 Å². The molecule has 0 radical (unpaired) electrons. The summed E-state index contributed by atoms with van der Waals surface area (Å²) in [6, 6.07) is 5.76. The first-order valence-corrected chi connectivity index (χ1v) is 24.6. The maximum Gasteiger partial charge on any atom is 0.342 e. The standard InChI is InChI=1S/C49H61F3N10O11/c1-59-39-28-54-48(58-42(39)61(32-5-3-4-6-32)29-49(51,52)47(59)68)56-37-27-36(50)35(26-40(37)69-2)43(64)55-30-11-14-60(15-12-30)16-18-71-20-22-73-24-23-72-21-19-70-17-13-53-31-7-8-33-34(25-31)46(67)62(45(33)66)38-9-10-41(63)57-44(38)65/h7-8,25-28,30,32,38,53H,3-6,9-24,29H2,1-2H3,(H,55,64)(H,54,56,58)(H,57,63,65). The zero-order valence-corrected chi connectivity index (χ0v) is 40.9. The molecule has 73 heavy (non-hydrogen) atoms. The van der Waals surface area contributed by atoms with Crippen molar-refractivity contribution < 1.29 is 65.6 Å². The third-order valence-corrected chi connectivity index (χ3v) is 13.5. The van der Waals surface area contributed by atoms with E-state index in [2.05, 4.69) is 36.1 Å². The van der Waals surface area contributed by atoms with E-state index in [1.807, 2.05) is 0 Å². The van der Waals surface area contributed by atoms with Crippen molar-refractivity contribution in [3.8, 4) is 5.75 Å². The van der Waals surface area contributed by atoms with Crippen molar-refractivity contribution in [2.75, 3.05) is 120 Å². The SMILES string of the molecule is COc1cc(C(=O)NC2CCN(CCOCCOCCOCCOCCNc3ccc4c(c3)C(=O)N(C3CCC(=O)NC3=O)C4=O)CC2)c(F)cc1Nc1ncc2c(n1)N(C1CCCC1)CC(F)(F)C(=O)N2C. The number of hydrogen-bond donors (Lipinski definition) is 4. The van der Waals surface area contributed by atoms with Crippen molar-refractivity contribution in [1.82, 2.24) is 30.4 Å². The molecule has 24 heteroatoms. The van der Waals surface area contributed by atoms with Crippen molar-refractivity contribution in [1.29, 1.82) is 0 Å². The number of benzene rings is 2. The van der Waals surface area contributed by atoms with E-state index in [1.54, 1.807) is 18.2 Å². The van der Waals surface area contributed by atoms with Gasteiger partial charge >= 0.3 is 5.92 Å². The molecule has 4 aliphatic heterocycles. The molecule has 1 aromatic heterocycles. The molecule has 394 valence electrons. The van der Waals surface area contributed by atoms with Crippen molar-refractivity contribution in [2.24, 2.45) is 0 Å².